The van der Waals surface area contributed by atoms with Gasteiger partial charge < -0.3 is 19.2 Å². The maximum absolute atomic E-state index is 12.7. The number of hydrogen-bond donors (Lipinski definition) is 1. The molecule has 1 aliphatic heterocycles. The van der Waals surface area contributed by atoms with Gasteiger partial charge in [-0.15, -0.1) is 5.10 Å². The average Bonchev–Trinajstić information content (AvgIpc) is 3.37. The maximum atomic E-state index is 12.7. The van der Waals surface area contributed by atoms with Crippen molar-refractivity contribution in [1.82, 2.24) is 15.2 Å². The molecule has 3 heterocycles. The van der Waals surface area contributed by atoms with Crippen molar-refractivity contribution in [3.63, 3.8) is 0 Å². The Morgan fingerprint density at radius 3 is 2.59 bits per heavy atom. The van der Waals surface area contributed by atoms with Gasteiger partial charge in [0, 0.05) is 12.0 Å². The zero-order valence-corrected chi connectivity index (χ0v) is 18.3. The Hall–Kier alpha value is -2.88. The number of aryl methyl sites for hydroxylation is 1. The van der Waals surface area contributed by atoms with Crippen LogP contribution in [0.15, 0.2) is 22.6 Å². The number of rotatable bonds is 5. The van der Waals surface area contributed by atoms with Crippen LogP contribution >= 0.6 is 0 Å². The molecule has 1 atom stereocenters. The van der Waals surface area contributed by atoms with E-state index in [1.807, 2.05) is 27.7 Å². The summed E-state index contributed by atoms with van der Waals surface area (Å²) in [5.74, 6) is 0.411. The zero-order valence-electron chi connectivity index (χ0n) is 18.3. The Morgan fingerprint density at radius 1 is 1.16 bits per heavy atom. The first-order valence-electron chi connectivity index (χ1n) is 10.3. The van der Waals surface area contributed by atoms with E-state index in [9.17, 15) is 13.2 Å². The van der Waals surface area contributed by atoms with Crippen LogP contribution in [0.3, 0.4) is 0 Å². The summed E-state index contributed by atoms with van der Waals surface area (Å²) in [6, 6.07) is 5.39. The fraction of sp³-hybridized carbons (Fsp3) is 0.500. The Balaban J connectivity index is 1.72. The highest BCUT2D eigenvalue weighted by molar-refractivity contribution is 5.89. The molecule has 1 aliphatic rings. The number of pyridine rings is 1. The first kappa shape index (κ1) is 22.3. The highest BCUT2D eigenvalue weighted by Crippen LogP contribution is 2.36. The van der Waals surface area contributed by atoms with Crippen molar-refractivity contribution in [2.75, 3.05) is 25.1 Å². The molecular formula is C22H25F3N4O3. The predicted molar refractivity (Wildman–Crippen MR) is 113 cm³/mol. The Kier molecular flexibility index (Phi) is 5.74. The molecule has 0 unspecified atom stereocenters. The first-order chi connectivity index (χ1) is 15.0. The van der Waals surface area contributed by atoms with E-state index in [1.165, 1.54) is 0 Å². The number of ether oxygens (including phenoxy) is 2. The molecule has 1 N–H and O–H groups in total. The molecule has 0 bridgehead atoms. The quantitative estimate of drug-likeness (QED) is 0.584. The second-order valence-electron chi connectivity index (χ2n) is 8.96. The number of aromatic nitrogens is 3. The summed E-state index contributed by atoms with van der Waals surface area (Å²) >= 11 is 0. The normalized spacial score (nSPS) is 17.2. The molecule has 10 heteroatoms. The summed E-state index contributed by atoms with van der Waals surface area (Å²) in [5, 5.41) is 12.0. The van der Waals surface area contributed by atoms with Crippen LogP contribution in [-0.2, 0) is 10.2 Å². The third-order valence-electron chi connectivity index (χ3n) is 5.21. The topological polar surface area (TPSA) is 82.3 Å². The molecule has 4 rings (SSSR count). The van der Waals surface area contributed by atoms with Crippen LogP contribution in [0.5, 0.6) is 5.75 Å². The molecule has 7 nitrogen and oxygen atoms in total. The number of alkyl halides is 3. The fourth-order valence-corrected chi connectivity index (χ4v) is 3.60. The zero-order chi connectivity index (χ0) is 23.1. The molecule has 0 amide bonds. The summed E-state index contributed by atoms with van der Waals surface area (Å²) in [4.78, 5) is 4.74. The molecule has 32 heavy (non-hydrogen) atoms. The van der Waals surface area contributed by atoms with Gasteiger partial charge in [-0.3, -0.25) is 0 Å². The lowest BCUT2D eigenvalue weighted by Gasteiger charge is -2.23. The average molecular weight is 450 g/mol. The van der Waals surface area contributed by atoms with Crippen LogP contribution in [-0.4, -0.2) is 47.2 Å². The number of nitrogens with zero attached hydrogens (tertiary/aromatic N) is 3. The molecular weight excluding hydrogens is 425 g/mol. The predicted octanol–water partition coefficient (Wildman–Crippen LogP) is 5.03. The lowest BCUT2D eigenvalue weighted by Crippen LogP contribution is -2.20. The van der Waals surface area contributed by atoms with Crippen LogP contribution < -0.4 is 10.1 Å². The van der Waals surface area contributed by atoms with E-state index < -0.39 is 18.2 Å². The van der Waals surface area contributed by atoms with E-state index >= 15 is 0 Å². The minimum Gasteiger partial charge on any atom is -0.484 e. The van der Waals surface area contributed by atoms with E-state index in [-0.39, 0.29) is 17.7 Å². The van der Waals surface area contributed by atoms with Crippen molar-refractivity contribution in [2.45, 2.75) is 51.7 Å². The molecule has 0 radical (unpaired) electrons. The summed E-state index contributed by atoms with van der Waals surface area (Å²) in [7, 11) is 0. The van der Waals surface area contributed by atoms with Crippen molar-refractivity contribution in [1.29, 1.82) is 0 Å². The largest absolute Gasteiger partial charge is 0.484 e. The second kappa shape index (κ2) is 8.23. The van der Waals surface area contributed by atoms with Gasteiger partial charge in [0.1, 0.15) is 11.4 Å². The van der Waals surface area contributed by atoms with Gasteiger partial charge in [0.25, 0.3) is 5.89 Å². The third kappa shape index (κ3) is 4.95. The molecule has 1 saturated heterocycles. The molecule has 0 aliphatic carbocycles. The van der Waals surface area contributed by atoms with Crippen LogP contribution in [0.1, 0.15) is 38.3 Å². The van der Waals surface area contributed by atoms with E-state index in [1.54, 1.807) is 18.2 Å². The number of nitrogens with one attached hydrogen (secondary N) is 1. The molecule has 2 aromatic heterocycles. The third-order valence-corrected chi connectivity index (χ3v) is 5.21. The van der Waals surface area contributed by atoms with Crippen molar-refractivity contribution in [3.8, 4) is 17.3 Å². The minimum atomic E-state index is -4.41. The standard InChI is InChI=1S/C22H25F3N4O3/c1-12-7-17(19-28-29-20(32-19)26-13-5-6-30-10-13)27-18-15(12)8-14(31-11-22(23,24)25)9-16(18)21(2,3)4/h7-9,13H,5-6,10-11H2,1-4H3,(H,26,29)/t13-/m1/s1. The second-order valence-corrected chi connectivity index (χ2v) is 8.96. The van der Waals surface area contributed by atoms with Crippen molar-refractivity contribution < 1.29 is 27.1 Å². The molecule has 0 spiro atoms. The van der Waals surface area contributed by atoms with Gasteiger partial charge in [0.15, 0.2) is 6.61 Å². The lowest BCUT2D eigenvalue weighted by atomic mass is 9.84. The molecule has 1 aromatic carbocycles. The number of hydrogen-bond acceptors (Lipinski definition) is 7. The highest BCUT2D eigenvalue weighted by atomic mass is 19.4. The highest BCUT2D eigenvalue weighted by Gasteiger charge is 2.29. The van der Waals surface area contributed by atoms with Crippen LogP contribution in [0.25, 0.3) is 22.5 Å². The van der Waals surface area contributed by atoms with Crippen molar-refractivity contribution in [2.24, 2.45) is 0 Å². The van der Waals surface area contributed by atoms with E-state index in [0.29, 0.717) is 35.8 Å². The number of anilines is 1. The number of benzene rings is 1. The maximum Gasteiger partial charge on any atom is 0.422 e. The number of fused-ring (bicyclic) bond motifs is 1. The van der Waals surface area contributed by atoms with Gasteiger partial charge in [-0.05, 0) is 48.1 Å². The monoisotopic (exact) mass is 450 g/mol. The lowest BCUT2D eigenvalue weighted by molar-refractivity contribution is -0.153. The van der Waals surface area contributed by atoms with Gasteiger partial charge in [-0.1, -0.05) is 25.9 Å². The summed E-state index contributed by atoms with van der Waals surface area (Å²) < 4.78 is 54.1. The van der Waals surface area contributed by atoms with E-state index in [0.717, 1.165) is 17.5 Å². The van der Waals surface area contributed by atoms with Gasteiger partial charge in [0.05, 0.1) is 18.2 Å². The Bertz CT molecular complexity index is 1120. The van der Waals surface area contributed by atoms with Gasteiger partial charge in [-0.2, -0.15) is 13.2 Å². The van der Waals surface area contributed by atoms with Gasteiger partial charge in [-0.25, -0.2) is 4.98 Å². The Morgan fingerprint density at radius 2 is 1.94 bits per heavy atom. The smallest absolute Gasteiger partial charge is 0.422 e. The van der Waals surface area contributed by atoms with Gasteiger partial charge in [0.2, 0.25) is 0 Å². The summed E-state index contributed by atoms with van der Waals surface area (Å²) in [6.45, 7) is 7.69. The molecule has 0 saturated carbocycles. The van der Waals surface area contributed by atoms with Crippen LogP contribution in [0.2, 0.25) is 0 Å². The van der Waals surface area contributed by atoms with Crippen molar-refractivity contribution in [3.05, 3.63) is 29.3 Å². The number of halogens is 3. The SMILES string of the molecule is Cc1cc(-c2nnc(N[C@@H]3CCOC3)o2)nc2c(C(C)(C)C)cc(OCC(F)(F)F)cc12. The first-order valence-corrected chi connectivity index (χ1v) is 10.3. The van der Waals surface area contributed by atoms with Crippen LogP contribution in [0, 0.1) is 6.92 Å². The van der Waals surface area contributed by atoms with Crippen LogP contribution in [0.4, 0.5) is 19.2 Å². The summed E-state index contributed by atoms with van der Waals surface area (Å²) in [5.41, 5.74) is 2.33. The molecule has 172 valence electrons. The van der Waals surface area contributed by atoms with E-state index in [2.05, 4.69) is 15.5 Å². The van der Waals surface area contributed by atoms with Gasteiger partial charge >= 0.3 is 12.2 Å². The Labute approximate surface area is 183 Å². The fourth-order valence-electron chi connectivity index (χ4n) is 3.60. The summed E-state index contributed by atoms with van der Waals surface area (Å²) in [6.07, 6.45) is -3.55. The van der Waals surface area contributed by atoms with Crippen molar-refractivity contribution >= 4 is 16.9 Å². The van der Waals surface area contributed by atoms with E-state index in [4.69, 9.17) is 18.9 Å². The molecule has 3 aromatic rings. The minimum absolute atomic E-state index is 0.122. The molecule has 1 fully saturated rings.